The van der Waals surface area contributed by atoms with Crippen molar-refractivity contribution in [3.8, 4) is 0 Å². The molecule has 6 N–H and O–H groups in total. The quantitative estimate of drug-likeness (QED) is 0.221. The lowest BCUT2D eigenvalue weighted by molar-refractivity contribution is -0.421. The van der Waals surface area contributed by atoms with E-state index in [-0.39, 0.29) is 0 Å². The summed E-state index contributed by atoms with van der Waals surface area (Å²) in [6.45, 7) is -0.797. The van der Waals surface area contributed by atoms with Gasteiger partial charge in [0.05, 0.1) is 6.61 Å². The summed E-state index contributed by atoms with van der Waals surface area (Å²) in [6.07, 6.45) is -7.20. The van der Waals surface area contributed by atoms with Gasteiger partial charge in [-0.2, -0.15) is 4.21 Å². The van der Waals surface area contributed by atoms with Crippen LogP contribution in [0.5, 0.6) is 0 Å². The molecule has 96 valence electrons. The van der Waals surface area contributed by atoms with Gasteiger partial charge in [0.25, 0.3) is 0 Å². The first kappa shape index (κ1) is 13.9. The van der Waals surface area contributed by atoms with Crippen molar-refractivity contribution < 1.29 is 43.2 Å². The van der Waals surface area contributed by atoms with Crippen LogP contribution in [0.4, 0.5) is 0 Å². The summed E-state index contributed by atoms with van der Waals surface area (Å²) in [5.41, 5.74) is 0. The Morgan fingerprint density at radius 3 is 2.31 bits per heavy atom. The summed E-state index contributed by atoms with van der Waals surface area (Å²) in [5, 5.41) is 46.1. The highest BCUT2D eigenvalue weighted by Crippen LogP contribution is 2.29. The van der Waals surface area contributed by atoms with Gasteiger partial charge in [-0.05, 0) is 0 Å². The van der Waals surface area contributed by atoms with E-state index >= 15 is 0 Å². The Morgan fingerprint density at radius 1 is 1.31 bits per heavy atom. The summed E-state index contributed by atoms with van der Waals surface area (Å²) in [4.78, 5) is 0. The van der Waals surface area contributed by atoms with Crippen LogP contribution in [-0.4, -0.2) is 71.3 Å². The van der Waals surface area contributed by atoms with Crippen LogP contribution in [0.2, 0.25) is 0 Å². The molecule has 6 atom stereocenters. The van der Waals surface area contributed by atoms with Gasteiger partial charge in [0.1, 0.15) is 18.3 Å². The Labute approximate surface area is 92.3 Å². The molecule has 16 heavy (non-hydrogen) atoms. The first-order valence-electron chi connectivity index (χ1n) is 4.17. The maximum absolute atomic E-state index is 10.3. The molecule has 0 saturated carbocycles. The zero-order chi connectivity index (χ0) is 12.5. The van der Waals surface area contributed by atoms with Gasteiger partial charge >= 0.3 is 17.3 Å². The van der Waals surface area contributed by atoms with Crippen molar-refractivity contribution in [3.05, 3.63) is 0 Å². The lowest BCUT2D eigenvalue weighted by Crippen LogP contribution is -2.66. The second kappa shape index (κ2) is 5.00. The smallest absolute Gasteiger partial charge is 0.326 e. The fraction of sp³-hybridized carbons (Fsp3) is 1.00. The topological polar surface area (TPSA) is 157 Å². The molecule has 0 bridgehead atoms. The minimum absolute atomic E-state index is 0.797. The van der Waals surface area contributed by atoms with Gasteiger partial charge in [-0.15, -0.1) is 0 Å². The first-order chi connectivity index (χ1) is 7.31. The number of hydrogen-bond donors (Lipinski definition) is 6. The predicted molar refractivity (Wildman–Crippen MR) is 46.8 cm³/mol. The fourth-order valence-electron chi connectivity index (χ4n) is 1.30. The third kappa shape index (κ3) is 2.56. The molecule has 1 rings (SSSR count). The van der Waals surface area contributed by atoms with Gasteiger partial charge in [-0.1, -0.05) is 0 Å². The highest BCUT2D eigenvalue weighted by atomic mass is 32.2. The van der Waals surface area contributed by atoms with Crippen LogP contribution in [0.1, 0.15) is 0 Å². The molecular formula is C6H12O9S. The molecule has 1 aliphatic heterocycles. The number of aliphatic hydroxyl groups excluding tert-OH is 4. The van der Waals surface area contributed by atoms with Crippen LogP contribution < -0.4 is 0 Å². The van der Waals surface area contributed by atoms with Gasteiger partial charge in [0.15, 0.2) is 6.10 Å². The van der Waals surface area contributed by atoms with Gasteiger partial charge in [-0.25, -0.2) is 4.18 Å². The second-order valence-electron chi connectivity index (χ2n) is 3.20. The second-order valence-corrected chi connectivity index (χ2v) is 3.80. The summed E-state index contributed by atoms with van der Waals surface area (Å²) in [7, 11) is 0. The molecule has 0 spiro atoms. The zero-order valence-electron chi connectivity index (χ0n) is 7.83. The first-order valence-corrected chi connectivity index (χ1v) is 5.20. The van der Waals surface area contributed by atoms with E-state index in [0.717, 1.165) is 0 Å². The van der Waals surface area contributed by atoms with Crippen LogP contribution in [0.3, 0.4) is 0 Å². The van der Waals surface area contributed by atoms with Gasteiger partial charge in [-0.3, -0.25) is 4.55 Å². The highest BCUT2D eigenvalue weighted by molar-refractivity contribution is 7.74. The Hall–Kier alpha value is -0.170. The number of ether oxygens (including phenoxy) is 1. The van der Waals surface area contributed by atoms with Crippen molar-refractivity contribution in [3.63, 3.8) is 0 Å². The summed E-state index contributed by atoms with van der Waals surface area (Å²) >= 11 is -2.98. The van der Waals surface area contributed by atoms with E-state index in [4.69, 9.17) is 9.66 Å². The normalized spacial score (nSPS) is 46.6. The molecule has 2 unspecified atom stereocenters. The highest BCUT2D eigenvalue weighted by Gasteiger charge is 2.55. The molecule has 1 heterocycles. The van der Waals surface area contributed by atoms with Crippen LogP contribution in [0.15, 0.2) is 0 Å². The monoisotopic (exact) mass is 260 g/mol. The maximum atomic E-state index is 10.3. The van der Waals surface area contributed by atoms with Crippen molar-refractivity contribution >= 4 is 11.4 Å². The SMILES string of the molecule is O=S(O)OC1(O)O[C@H](CO)[C@@H](O)[C@H](O)[C@H]1O. The summed E-state index contributed by atoms with van der Waals surface area (Å²) < 4.78 is 27.2. The van der Waals surface area contributed by atoms with Gasteiger partial charge in [0.2, 0.25) is 0 Å². The third-order valence-electron chi connectivity index (χ3n) is 2.12. The van der Waals surface area contributed by atoms with Gasteiger partial charge < -0.3 is 30.3 Å². The van der Waals surface area contributed by atoms with Crippen molar-refractivity contribution in [1.82, 2.24) is 0 Å². The van der Waals surface area contributed by atoms with Gasteiger partial charge in [0, 0.05) is 0 Å². The molecule has 1 saturated heterocycles. The van der Waals surface area contributed by atoms with Crippen LogP contribution in [-0.2, 0) is 20.3 Å². The summed E-state index contributed by atoms with van der Waals surface area (Å²) in [6, 6.07) is 0. The molecule has 9 nitrogen and oxygen atoms in total. The van der Waals surface area contributed by atoms with Crippen molar-refractivity contribution in [2.45, 2.75) is 30.4 Å². The van der Waals surface area contributed by atoms with E-state index in [1.165, 1.54) is 0 Å². The number of hydrogen-bond acceptors (Lipinski definition) is 8. The average molecular weight is 260 g/mol. The number of rotatable bonds is 3. The standard InChI is InChI=1S/C6H12O9S/c7-1-2-3(8)4(9)5(10)6(11,14-2)15-16(12)13/h2-5,7-11H,1H2,(H,12,13)/t2-,3-,4+,5-,6?/m1/s1. The molecule has 1 fully saturated rings. The van der Waals surface area contributed by atoms with Crippen LogP contribution in [0.25, 0.3) is 0 Å². The molecule has 0 aromatic heterocycles. The Kier molecular flexibility index (Phi) is 4.34. The Morgan fingerprint density at radius 2 is 1.88 bits per heavy atom. The molecule has 0 radical (unpaired) electrons. The molecule has 1 aliphatic rings. The van der Waals surface area contributed by atoms with Crippen LogP contribution in [0, 0.1) is 0 Å². The lowest BCUT2D eigenvalue weighted by atomic mass is 9.98. The molecule has 10 heteroatoms. The van der Waals surface area contributed by atoms with E-state index in [2.05, 4.69) is 8.92 Å². The van der Waals surface area contributed by atoms with E-state index in [0.29, 0.717) is 0 Å². The minimum Gasteiger partial charge on any atom is -0.394 e. The molecule has 0 aliphatic carbocycles. The van der Waals surface area contributed by atoms with Crippen molar-refractivity contribution in [2.24, 2.45) is 0 Å². The zero-order valence-corrected chi connectivity index (χ0v) is 8.65. The molecule has 0 amide bonds. The van der Waals surface area contributed by atoms with E-state index in [9.17, 15) is 24.6 Å². The third-order valence-corrected chi connectivity index (χ3v) is 2.50. The minimum atomic E-state index is -2.98. The van der Waals surface area contributed by atoms with E-state index in [1.54, 1.807) is 0 Å². The Balaban J connectivity index is 2.89. The maximum Gasteiger partial charge on any atom is 0.326 e. The molecule has 0 aromatic rings. The largest absolute Gasteiger partial charge is 0.394 e. The lowest BCUT2D eigenvalue weighted by Gasteiger charge is -2.43. The predicted octanol–water partition coefficient (Wildman–Crippen LogP) is -3.74. The molecular weight excluding hydrogens is 248 g/mol. The van der Waals surface area contributed by atoms with Crippen molar-refractivity contribution in [1.29, 1.82) is 0 Å². The average Bonchev–Trinajstić information content (AvgIpc) is 2.20. The summed E-state index contributed by atoms with van der Waals surface area (Å²) in [5.74, 6) is -2.98. The van der Waals surface area contributed by atoms with E-state index < -0.39 is 48.4 Å². The fourth-order valence-corrected chi connectivity index (χ4v) is 1.64. The van der Waals surface area contributed by atoms with Crippen LogP contribution >= 0.6 is 0 Å². The van der Waals surface area contributed by atoms with E-state index in [1.807, 2.05) is 0 Å². The number of aliphatic hydroxyl groups is 5. The van der Waals surface area contributed by atoms with Crippen molar-refractivity contribution in [2.75, 3.05) is 6.61 Å². The Bertz CT molecular complexity index is 271. The molecule has 0 aromatic carbocycles.